The van der Waals surface area contributed by atoms with Crippen LogP contribution >= 0.6 is 0 Å². The lowest BCUT2D eigenvalue weighted by Crippen LogP contribution is -2.26. The second kappa shape index (κ2) is 7.46. The van der Waals surface area contributed by atoms with Gasteiger partial charge in [0.1, 0.15) is 0 Å². The van der Waals surface area contributed by atoms with E-state index in [1.54, 1.807) is 6.20 Å². The highest BCUT2D eigenvalue weighted by molar-refractivity contribution is 5.86. The molecule has 2 aromatic carbocycles. The highest BCUT2D eigenvalue weighted by Crippen LogP contribution is 2.34. The van der Waals surface area contributed by atoms with Crippen LogP contribution in [0, 0.1) is 5.92 Å². The number of rotatable bonds is 4. The molecule has 5 heteroatoms. The van der Waals surface area contributed by atoms with Gasteiger partial charge in [-0.3, -0.25) is 4.99 Å². The summed E-state index contributed by atoms with van der Waals surface area (Å²) in [4.78, 5) is 4.40. The quantitative estimate of drug-likeness (QED) is 0.770. The van der Waals surface area contributed by atoms with E-state index < -0.39 is 11.7 Å². The van der Waals surface area contributed by atoms with Crippen LogP contribution in [0.15, 0.2) is 59.7 Å². The van der Waals surface area contributed by atoms with Crippen LogP contribution in [0.3, 0.4) is 0 Å². The molecule has 0 amide bonds. The summed E-state index contributed by atoms with van der Waals surface area (Å²) in [6.07, 6.45) is -0.769. The van der Waals surface area contributed by atoms with Gasteiger partial charge in [-0.2, -0.15) is 13.2 Å². The van der Waals surface area contributed by atoms with Crippen LogP contribution in [0.1, 0.15) is 42.1 Å². The number of aliphatic imine (C=N–C) groups is 1. The van der Waals surface area contributed by atoms with Crippen LogP contribution in [0.4, 0.5) is 13.2 Å². The Morgan fingerprint density at radius 3 is 2.38 bits per heavy atom. The number of fused-ring (bicyclic) bond motifs is 1. The molecule has 0 spiro atoms. The summed E-state index contributed by atoms with van der Waals surface area (Å²) >= 11 is 0. The summed E-state index contributed by atoms with van der Waals surface area (Å²) in [7, 11) is 0. The number of hydrogen-bond acceptors (Lipinski definition) is 2. The molecule has 0 saturated carbocycles. The van der Waals surface area contributed by atoms with E-state index in [2.05, 4.69) is 24.2 Å². The van der Waals surface area contributed by atoms with Crippen LogP contribution < -0.4 is 5.32 Å². The zero-order valence-electron chi connectivity index (χ0n) is 14.7. The predicted molar refractivity (Wildman–Crippen MR) is 99.0 cm³/mol. The first-order chi connectivity index (χ1) is 12.4. The van der Waals surface area contributed by atoms with Gasteiger partial charge in [0, 0.05) is 18.0 Å². The molecule has 0 aliphatic carbocycles. The molecule has 3 rings (SSSR count). The van der Waals surface area contributed by atoms with Gasteiger partial charge in [0.2, 0.25) is 0 Å². The SMILES string of the molecule is CC(C)CNC1C=NC=C(c2ccc(C(F)(F)F)cc2)c2ccccc21. The molecule has 1 atom stereocenters. The van der Waals surface area contributed by atoms with Crippen LogP contribution in [-0.4, -0.2) is 12.8 Å². The molecule has 0 saturated heterocycles. The molecule has 0 aromatic heterocycles. The third kappa shape index (κ3) is 4.05. The van der Waals surface area contributed by atoms with Crippen molar-refractivity contribution >= 4 is 11.8 Å². The first-order valence-corrected chi connectivity index (χ1v) is 8.60. The fourth-order valence-electron chi connectivity index (χ4n) is 2.96. The molecule has 0 radical (unpaired) electrons. The van der Waals surface area contributed by atoms with E-state index >= 15 is 0 Å². The molecule has 136 valence electrons. The Bertz CT molecular complexity index is 818. The van der Waals surface area contributed by atoms with Gasteiger partial charge in [0.05, 0.1) is 11.6 Å². The van der Waals surface area contributed by atoms with E-state index in [0.29, 0.717) is 11.5 Å². The number of nitrogens with zero attached hydrogens (tertiary/aromatic N) is 1. The second-order valence-corrected chi connectivity index (χ2v) is 6.78. The van der Waals surface area contributed by atoms with Crippen molar-refractivity contribution in [2.75, 3.05) is 6.54 Å². The van der Waals surface area contributed by atoms with Crippen molar-refractivity contribution in [3.05, 3.63) is 77.0 Å². The molecule has 0 bridgehead atoms. The van der Waals surface area contributed by atoms with Crippen molar-refractivity contribution in [1.29, 1.82) is 0 Å². The molecular formula is C21H21F3N2. The topological polar surface area (TPSA) is 24.4 Å². The molecule has 1 aliphatic rings. The Hall–Kier alpha value is -2.40. The predicted octanol–water partition coefficient (Wildman–Crippen LogP) is 5.47. The summed E-state index contributed by atoms with van der Waals surface area (Å²) in [5.74, 6) is 0.501. The van der Waals surface area contributed by atoms with Crippen LogP contribution in [-0.2, 0) is 6.18 Å². The van der Waals surface area contributed by atoms with Crippen molar-refractivity contribution in [3.8, 4) is 0 Å². The Kier molecular flexibility index (Phi) is 5.28. The van der Waals surface area contributed by atoms with Crippen molar-refractivity contribution in [2.24, 2.45) is 10.9 Å². The Balaban J connectivity index is 1.96. The molecule has 2 nitrogen and oxygen atoms in total. The highest BCUT2D eigenvalue weighted by atomic mass is 19.4. The van der Waals surface area contributed by atoms with Gasteiger partial charge < -0.3 is 5.32 Å². The minimum atomic E-state index is -4.34. The van der Waals surface area contributed by atoms with Gasteiger partial charge in [-0.05, 0) is 41.3 Å². The van der Waals surface area contributed by atoms with Crippen molar-refractivity contribution in [2.45, 2.75) is 26.1 Å². The van der Waals surface area contributed by atoms with Gasteiger partial charge >= 0.3 is 6.18 Å². The highest BCUT2D eigenvalue weighted by Gasteiger charge is 2.30. The third-order valence-corrected chi connectivity index (χ3v) is 4.29. The third-order valence-electron chi connectivity index (χ3n) is 4.29. The molecule has 1 unspecified atom stereocenters. The molecule has 0 fully saturated rings. The van der Waals surface area contributed by atoms with Crippen molar-refractivity contribution in [1.82, 2.24) is 5.32 Å². The van der Waals surface area contributed by atoms with Gasteiger partial charge in [0.25, 0.3) is 0 Å². The first kappa shape index (κ1) is 18.4. The fourth-order valence-corrected chi connectivity index (χ4v) is 2.96. The summed E-state index contributed by atoms with van der Waals surface area (Å²) in [5, 5.41) is 3.49. The van der Waals surface area contributed by atoms with Gasteiger partial charge in [-0.1, -0.05) is 50.2 Å². The molecule has 2 aromatic rings. The number of halogens is 3. The maximum absolute atomic E-state index is 12.8. The fraction of sp³-hybridized carbons (Fsp3) is 0.286. The second-order valence-electron chi connectivity index (χ2n) is 6.78. The van der Waals surface area contributed by atoms with Crippen molar-refractivity contribution < 1.29 is 13.2 Å². The molecule has 1 aliphatic heterocycles. The molecular weight excluding hydrogens is 337 g/mol. The van der Waals surface area contributed by atoms with Gasteiger partial charge in [-0.15, -0.1) is 0 Å². The maximum Gasteiger partial charge on any atom is 0.416 e. The first-order valence-electron chi connectivity index (χ1n) is 8.60. The monoisotopic (exact) mass is 358 g/mol. The lowest BCUT2D eigenvalue weighted by molar-refractivity contribution is -0.137. The number of benzene rings is 2. The minimum absolute atomic E-state index is 0.0307. The minimum Gasteiger partial charge on any atom is -0.305 e. The normalized spacial score (nSPS) is 17.0. The molecule has 26 heavy (non-hydrogen) atoms. The van der Waals surface area contributed by atoms with Gasteiger partial charge in [-0.25, -0.2) is 0 Å². The number of nitrogens with one attached hydrogen (secondary N) is 1. The summed E-state index contributed by atoms with van der Waals surface area (Å²) in [6, 6.07) is 13.1. The van der Waals surface area contributed by atoms with E-state index in [1.807, 2.05) is 30.5 Å². The average Bonchev–Trinajstić information content (AvgIpc) is 2.79. The van der Waals surface area contributed by atoms with Crippen LogP contribution in [0.2, 0.25) is 0 Å². The zero-order chi connectivity index (χ0) is 18.7. The van der Waals surface area contributed by atoms with Crippen LogP contribution in [0.5, 0.6) is 0 Å². The Labute approximate surface area is 151 Å². The lowest BCUT2D eigenvalue weighted by Gasteiger charge is -2.19. The summed E-state index contributed by atoms with van der Waals surface area (Å²) in [5.41, 5.74) is 2.93. The van der Waals surface area contributed by atoms with E-state index in [1.165, 1.54) is 12.1 Å². The van der Waals surface area contributed by atoms with Gasteiger partial charge in [0.15, 0.2) is 0 Å². The zero-order valence-corrected chi connectivity index (χ0v) is 14.7. The van der Waals surface area contributed by atoms with E-state index in [-0.39, 0.29) is 6.04 Å². The summed E-state index contributed by atoms with van der Waals surface area (Å²) in [6.45, 7) is 5.12. The van der Waals surface area contributed by atoms with E-state index in [0.717, 1.165) is 35.4 Å². The largest absolute Gasteiger partial charge is 0.416 e. The standard InChI is InChI=1S/C21H21F3N2/c1-14(2)11-26-20-13-25-12-19(17-5-3-4-6-18(17)20)15-7-9-16(10-8-15)21(22,23)24/h3-10,12-14,20,26H,11H2,1-2H3. The Morgan fingerprint density at radius 1 is 1.04 bits per heavy atom. The lowest BCUT2D eigenvalue weighted by atomic mass is 9.91. The smallest absolute Gasteiger partial charge is 0.305 e. The maximum atomic E-state index is 12.8. The van der Waals surface area contributed by atoms with Crippen LogP contribution in [0.25, 0.3) is 5.57 Å². The van der Waals surface area contributed by atoms with E-state index in [9.17, 15) is 13.2 Å². The van der Waals surface area contributed by atoms with E-state index in [4.69, 9.17) is 0 Å². The molecule has 1 N–H and O–H groups in total. The Morgan fingerprint density at radius 2 is 1.73 bits per heavy atom. The summed E-state index contributed by atoms with van der Waals surface area (Å²) < 4.78 is 38.5. The average molecular weight is 358 g/mol. The number of hydrogen-bond donors (Lipinski definition) is 1. The molecule has 1 heterocycles. The van der Waals surface area contributed by atoms with Crippen molar-refractivity contribution in [3.63, 3.8) is 0 Å². The number of alkyl halides is 3.